The predicted octanol–water partition coefficient (Wildman–Crippen LogP) is 2.82. The van der Waals surface area contributed by atoms with Crippen molar-refractivity contribution >= 4 is 17.6 Å². The Kier molecular flexibility index (Phi) is 4.48. The standard InChI is InChI=1S/C18H23NO3/c1-3-22-18(20)14-5-4-8-19(11-14)12-15-9-13-6-7-16(21-2)10-17(13)15/h6-7,9-10,14H,3-5,8,11-12H2,1-2H3. The van der Waals surface area contributed by atoms with Crippen molar-refractivity contribution in [2.75, 3.05) is 33.4 Å². The van der Waals surface area contributed by atoms with Crippen molar-refractivity contribution in [1.82, 2.24) is 4.90 Å². The fourth-order valence-electron chi connectivity index (χ4n) is 3.28. The maximum Gasteiger partial charge on any atom is 0.310 e. The van der Waals surface area contributed by atoms with Crippen LogP contribution in [0.2, 0.25) is 0 Å². The number of hydrogen-bond acceptors (Lipinski definition) is 4. The first-order valence-electron chi connectivity index (χ1n) is 7.99. The van der Waals surface area contributed by atoms with E-state index < -0.39 is 0 Å². The van der Waals surface area contributed by atoms with Gasteiger partial charge in [0.1, 0.15) is 5.75 Å². The van der Waals surface area contributed by atoms with Crippen LogP contribution < -0.4 is 4.74 Å². The maximum atomic E-state index is 11.9. The minimum absolute atomic E-state index is 0.0270. The largest absolute Gasteiger partial charge is 0.497 e. The Hall–Kier alpha value is -1.81. The molecule has 1 aromatic rings. The second-order valence-corrected chi connectivity index (χ2v) is 5.95. The fraction of sp³-hybridized carbons (Fsp3) is 0.500. The number of methoxy groups -OCH3 is 1. The van der Waals surface area contributed by atoms with Crippen LogP contribution in [0, 0.1) is 5.92 Å². The molecule has 118 valence electrons. The van der Waals surface area contributed by atoms with Crippen LogP contribution in [0.3, 0.4) is 0 Å². The van der Waals surface area contributed by atoms with Gasteiger partial charge in [-0.2, -0.15) is 0 Å². The van der Waals surface area contributed by atoms with Crippen molar-refractivity contribution in [2.45, 2.75) is 19.8 Å². The lowest BCUT2D eigenvalue weighted by Crippen LogP contribution is -2.40. The number of rotatable bonds is 5. The maximum absolute atomic E-state index is 11.9. The van der Waals surface area contributed by atoms with Crippen molar-refractivity contribution in [3.05, 3.63) is 29.3 Å². The van der Waals surface area contributed by atoms with E-state index in [0.29, 0.717) is 6.61 Å². The highest BCUT2D eigenvalue weighted by atomic mass is 16.5. The first-order chi connectivity index (χ1) is 10.7. The molecule has 0 amide bonds. The average Bonchev–Trinajstić information content (AvgIpc) is 2.53. The quantitative estimate of drug-likeness (QED) is 0.784. The number of nitrogens with zero attached hydrogens (tertiary/aromatic N) is 1. The highest BCUT2D eigenvalue weighted by molar-refractivity contribution is 5.96. The minimum atomic E-state index is -0.0446. The SMILES string of the molecule is CCOC(=O)C1CCCN(CC2=Cc3ccc(OC)cc32)C1. The van der Waals surface area contributed by atoms with Crippen molar-refractivity contribution < 1.29 is 14.3 Å². The summed E-state index contributed by atoms with van der Waals surface area (Å²) in [6, 6.07) is 6.18. The van der Waals surface area contributed by atoms with Gasteiger partial charge >= 0.3 is 5.97 Å². The molecule has 1 unspecified atom stereocenters. The second-order valence-electron chi connectivity index (χ2n) is 5.95. The van der Waals surface area contributed by atoms with Gasteiger partial charge in [-0.15, -0.1) is 0 Å². The number of benzene rings is 1. The summed E-state index contributed by atoms with van der Waals surface area (Å²) in [4.78, 5) is 14.3. The van der Waals surface area contributed by atoms with Crippen LogP contribution in [-0.4, -0.2) is 44.2 Å². The lowest BCUT2D eigenvalue weighted by atomic mass is 9.87. The molecule has 1 aliphatic heterocycles. The molecule has 1 saturated heterocycles. The molecule has 3 rings (SSSR count). The minimum Gasteiger partial charge on any atom is -0.497 e. The van der Waals surface area contributed by atoms with Gasteiger partial charge in [-0.05, 0) is 61.2 Å². The first kappa shape index (κ1) is 15.1. The van der Waals surface area contributed by atoms with Gasteiger partial charge in [-0.3, -0.25) is 9.69 Å². The van der Waals surface area contributed by atoms with Gasteiger partial charge in [0, 0.05) is 13.1 Å². The average molecular weight is 301 g/mol. The second kappa shape index (κ2) is 6.53. The molecule has 4 heteroatoms. The van der Waals surface area contributed by atoms with E-state index in [1.165, 1.54) is 16.7 Å². The Morgan fingerprint density at radius 3 is 3.05 bits per heavy atom. The van der Waals surface area contributed by atoms with Crippen LogP contribution in [0.25, 0.3) is 11.6 Å². The van der Waals surface area contributed by atoms with Gasteiger partial charge in [-0.25, -0.2) is 0 Å². The van der Waals surface area contributed by atoms with Crippen LogP contribution >= 0.6 is 0 Å². The van der Waals surface area contributed by atoms with E-state index in [1.54, 1.807) is 7.11 Å². The number of carbonyl (C=O) groups excluding carboxylic acids is 1. The number of ether oxygens (including phenoxy) is 2. The molecule has 0 radical (unpaired) electrons. The highest BCUT2D eigenvalue weighted by Gasteiger charge is 2.28. The van der Waals surface area contributed by atoms with Gasteiger partial charge in [-0.1, -0.05) is 6.07 Å². The van der Waals surface area contributed by atoms with E-state index in [-0.39, 0.29) is 11.9 Å². The van der Waals surface area contributed by atoms with Crippen molar-refractivity contribution in [2.24, 2.45) is 5.92 Å². The third kappa shape index (κ3) is 3.02. The van der Waals surface area contributed by atoms with Gasteiger partial charge in [0.15, 0.2) is 0 Å². The fourth-order valence-corrected chi connectivity index (χ4v) is 3.28. The summed E-state index contributed by atoms with van der Waals surface area (Å²) in [5.74, 6) is 0.878. The summed E-state index contributed by atoms with van der Waals surface area (Å²) in [5.41, 5.74) is 3.88. The number of piperidine rings is 1. The van der Waals surface area contributed by atoms with Gasteiger partial charge in [0.25, 0.3) is 0 Å². The molecule has 0 aromatic heterocycles. The Morgan fingerprint density at radius 2 is 2.27 bits per heavy atom. The molecule has 0 saturated carbocycles. The number of fused-ring (bicyclic) bond motifs is 1. The molecule has 1 heterocycles. The Labute approximate surface area is 131 Å². The van der Waals surface area contributed by atoms with E-state index in [2.05, 4.69) is 23.1 Å². The number of likely N-dealkylation sites (tertiary alicyclic amines) is 1. The topological polar surface area (TPSA) is 38.8 Å². The van der Waals surface area contributed by atoms with Crippen LogP contribution in [0.1, 0.15) is 30.9 Å². The van der Waals surface area contributed by atoms with Gasteiger partial charge < -0.3 is 9.47 Å². The smallest absolute Gasteiger partial charge is 0.310 e. The first-order valence-corrected chi connectivity index (χ1v) is 7.99. The summed E-state index contributed by atoms with van der Waals surface area (Å²) < 4.78 is 10.5. The van der Waals surface area contributed by atoms with Crippen LogP contribution in [0.4, 0.5) is 0 Å². The lowest BCUT2D eigenvalue weighted by molar-refractivity contribution is -0.149. The van der Waals surface area contributed by atoms with Crippen LogP contribution in [0.15, 0.2) is 18.2 Å². The zero-order chi connectivity index (χ0) is 15.5. The molecule has 0 N–H and O–H groups in total. The Balaban J connectivity index is 1.61. The zero-order valence-electron chi connectivity index (χ0n) is 13.3. The normalized spacial score (nSPS) is 20.6. The molecule has 1 fully saturated rings. The molecule has 0 spiro atoms. The molecule has 1 aromatic carbocycles. The van der Waals surface area contributed by atoms with E-state index in [4.69, 9.17) is 9.47 Å². The number of esters is 1. The molecule has 22 heavy (non-hydrogen) atoms. The summed E-state index contributed by atoms with van der Waals surface area (Å²) in [5, 5.41) is 0. The molecule has 1 atom stereocenters. The number of hydrogen-bond donors (Lipinski definition) is 0. The van der Waals surface area contributed by atoms with E-state index >= 15 is 0 Å². The summed E-state index contributed by atoms with van der Waals surface area (Å²) in [6.45, 7) is 5.08. The molecule has 4 nitrogen and oxygen atoms in total. The molecular formula is C18H23NO3. The van der Waals surface area contributed by atoms with Crippen LogP contribution in [-0.2, 0) is 9.53 Å². The van der Waals surface area contributed by atoms with Crippen molar-refractivity contribution in [3.8, 4) is 5.75 Å². The summed E-state index contributed by atoms with van der Waals surface area (Å²) in [6.07, 6.45) is 4.23. The lowest BCUT2D eigenvalue weighted by Gasteiger charge is -2.34. The monoisotopic (exact) mass is 301 g/mol. The molecule has 0 bridgehead atoms. The van der Waals surface area contributed by atoms with Gasteiger partial charge in [0.05, 0.1) is 19.6 Å². The van der Waals surface area contributed by atoms with E-state index in [9.17, 15) is 4.79 Å². The Morgan fingerprint density at radius 1 is 1.41 bits per heavy atom. The molecular weight excluding hydrogens is 278 g/mol. The van der Waals surface area contributed by atoms with E-state index in [0.717, 1.165) is 38.2 Å². The predicted molar refractivity (Wildman–Crippen MR) is 86.7 cm³/mol. The molecule has 2 aliphatic rings. The van der Waals surface area contributed by atoms with Crippen molar-refractivity contribution in [3.63, 3.8) is 0 Å². The Bertz CT molecular complexity index is 594. The van der Waals surface area contributed by atoms with E-state index in [1.807, 2.05) is 13.0 Å². The van der Waals surface area contributed by atoms with Crippen LogP contribution in [0.5, 0.6) is 5.75 Å². The molecule has 1 aliphatic carbocycles. The summed E-state index contributed by atoms with van der Waals surface area (Å²) >= 11 is 0. The van der Waals surface area contributed by atoms with Gasteiger partial charge in [0.2, 0.25) is 0 Å². The third-order valence-corrected chi connectivity index (χ3v) is 4.46. The zero-order valence-corrected chi connectivity index (χ0v) is 13.3. The summed E-state index contributed by atoms with van der Waals surface area (Å²) in [7, 11) is 1.69. The van der Waals surface area contributed by atoms with Crippen molar-refractivity contribution in [1.29, 1.82) is 0 Å². The third-order valence-electron chi connectivity index (χ3n) is 4.46. The number of carbonyl (C=O) groups is 1. The highest BCUT2D eigenvalue weighted by Crippen LogP contribution is 2.36.